The number of rotatable bonds is 2. The Kier molecular flexibility index (Phi) is 3.18. The predicted octanol–water partition coefficient (Wildman–Crippen LogP) is 3.12. The van der Waals surface area contributed by atoms with Crippen molar-refractivity contribution in [3.05, 3.63) is 35.4 Å². The third-order valence-electron chi connectivity index (χ3n) is 3.25. The zero-order valence-corrected chi connectivity index (χ0v) is 9.53. The molecule has 0 amide bonds. The van der Waals surface area contributed by atoms with Crippen molar-refractivity contribution in [3.8, 4) is 0 Å². The van der Waals surface area contributed by atoms with Gasteiger partial charge in [0.15, 0.2) is 5.78 Å². The number of carbonyl (C=O) groups excluding carboxylic acids is 2. The summed E-state index contributed by atoms with van der Waals surface area (Å²) in [6.07, 6.45) is 3.41. The van der Waals surface area contributed by atoms with Gasteiger partial charge in [0.05, 0.1) is 0 Å². The molecule has 1 unspecified atom stereocenters. The van der Waals surface area contributed by atoms with Crippen molar-refractivity contribution < 1.29 is 9.59 Å². The van der Waals surface area contributed by atoms with Crippen molar-refractivity contribution in [1.82, 2.24) is 0 Å². The highest BCUT2D eigenvalue weighted by molar-refractivity contribution is 5.94. The zero-order valence-electron chi connectivity index (χ0n) is 9.53. The SMILES string of the molecule is CC(=O)c1cccc(C2CCCC(=O)C2)c1. The van der Waals surface area contributed by atoms with Gasteiger partial charge in [-0.2, -0.15) is 0 Å². The number of hydrogen-bond donors (Lipinski definition) is 0. The molecule has 2 heteroatoms. The van der Waals surface area contributed by atoms with E-state index in [0.717, 1.165) is 30.4 Å². The first-order valence-corrected chi connectivity index (χ1v) is 5.79. The van der Waals surface area contributed by atoms with Gasteiger partial charge in [0.2, 0.25) is 0 Å². The summed E-state index contributed by atoms with van der Waals surface area (Å²) in [6, 6.07) is 7.70. The van der Waals surface area contributed by atoms with Crippen LogP contribution in [0.3, 0.4) is 0 Å². The molecule has 1 aliphatic rings. The van der Waals surface area contributed by atoms with Crippen LogP contribution in [-0.4, -0.2) is 11.6 Å². The van der Waals surface area contributed by atoms with E-state index >= 15 is 0 Å². The topological polar surface area (TPSA) is 34.1 Å². The van der Waals surface area contributed by atoms with Crippen molar-refractivity contribution in [2.45, 2.75) is 38.5 Å². The minimum atomic E-state index is 0.0870. The van der Waals surface area contributed by atoms with Gasteiger partial charge in [-0.3, -0.25) is 9.59 Å². The van der Waals surface area contributed by atoms with Gasteiger partial charge in [0.1, 0.15) is 5.78 Å². The first-order chi connectivity index (χ1) is 7.66. The van der Waals surface area contributed by atoms with Crippen molar-refractivity contribution >= 4 is 11.6 Å². The van der Waals surface area contributed by atoms with E-state index in [4.69, 9.17) is 0 Å². The van der Waals surface area contributed by atoms with Gasteiger partial charge in [-0.15, -0.1) is 0 Å². The summed E-state index contributed by atoms with van der Waals surface area (Å²) >= 11 is 0. The minimum absolute atomic E-state index is 0.0870. The maximum absolute atomic E-state index is 11.4. The fraction of sp³-hybridized carbons (Fsp3) is 0.429. The second-order valence-corrected chi connectivity index (χ2v) is 4.51. The summed E-state index contributed by atoms with van der Waals surface area (Å²) in [5.41, 5.74) is 1.89. The van der Waals surface area contributed by atoms with Crippen LogP contribution in [0.2, 0.25) is 0 Å². The van der Waals surface area contributed by atoms with E-state index < -0.39 is 0 Å². The first kappa shape index (κ1) is 11.1. The maximum atomic E-state index is 11.4. The first-order valence-electron chi connectivity index (χ1n) is 5.79. The quantitative estimate of drug-likeness (QED) is 0.712. The van der Waals surface area contributed by atoms with E-state index in [9.17, 15) is 9.59 Å². The van der Waals surface area contributed by atoms with E-state index in [-0.39, 0.29) is 5.78 Å². The Morgan fingerprint density at radius 2 is 2.19 bits per heavy atom. The molecule has 0 saturated heterocycles. The lowest BCUT2D eigenvalue weighted by Gasteiger charge is -2.21. The standard InChI is InChI=1S/C14H16O2/c1-10(15)11-4-2-5-12(8-11)13-6-3-7-14(16)9-13/h2,4-5,8,13H,3,6-7,9H2,1H3. The smallest absolute Gasteiger partial charge is 0.159 e. The number of benzene rings is 1. The van der Waals surface area contributed by atoms with Crippen LogP contribution in [-0.2, 0) is 4.79 Å². The predicted molar refractivity (Wildman–Crippen MR) is 62.7 cm³/mol. The van der Waals surface area contributed by atoms with Gasteiger partial charge in [0.25, 0.3) is 0 Å². The molecule has 1 atom stereocenters. The molecule has 0 bridgehead atoms. The molecule has 2 nitrogen and oxygen atoms in total. The molecule has 1 aromatic rings. The number of hydrogen-bond acceptors (Lipinski definition) is 2. The molecular formula is C14H16O2. The van der Waals surface area contributed by atoms with Crippen LogP contribution in [0, 0.1) is 0 Å². The van der Waals surface area contributed by atoms with E-state index in [1.54, 1.807) is 6.92 Å². The fourth-order valence-corrected chi connectivity index (χ4v) is 2.32. The van der Waals surface area contributed by atoms with E-state index in [0.29, 0.717) is 18.1 Å². The van der Waals surface area contributed by atoms with Gasteiger partial charge in [-0.1, -0.05) is 18.2 Å². The van der Waals surface area contributed by atoms with Crippen LogP contribution in [0.15, 0.2) is 24.3 Å². The van der Waals surface area contributed by atoms with E-state index in [1.807, 2.05) is 24.3 Å². The van der Waals surface area contributed by atoms with E-state index in [1.165, 1.54) is 0 Å². The normalized spacial score (nSPS) is 20.8. The van der Waals surface area contributed by atoms with Crippen molar-refractivity contribution in [2.24, 2.45) is 0 Å². The summed E-state index contributed by atoms with van der Waals surface area (Å²) in [5.74, 6) is 0.758. The molecule has 0 N–H and O–H groups in total. The molecule has 1 saturated carbocycles. The van der Waals surface area contributed by atoms with Gasteiger partial charge in [-0.25, -0.2) is 0 Å². The highest BCUT2D eigenvalue weighted by Crippen LogP contribution is 2.31. The Hall–Kier alpha value is -1.44. The molecule has 84 valence electrons. The summed E-state index contributed by atoms with van der Waals surface area (Å²) < 4.78 is 0. The largest absolute Gasteiger partial charge is 0.300 e. The molecule has 0 heterocycles. The molecule has 0 aromatic heterocycles. The highest BCUT2D eigenvalue weighted by atomic mass is 16.1. The monoisotopic (exact) mass is 216 g/mol. The molecule has 16 heavy (non-hydrogen) atoms. The molecule has 0 spiro atoms. The van der Waals surface area contributed by atoms with Crippen LogP contribution >= 0.6 is 0 Å². The lowest BCUT2D eigenvalue weighted by atomic mass is 9.83. The van der Waals surface area contributed by atoms with Crippen LogP contribution in [0.4, 0.5) is 0 Å². The average molecular weight is 216 g/mol. The van der Waals surface area contributed by atoms with Crippen molar-refractivity contribution in [2.75, 3.05) is 0 Å². The number of ketones is 2. The van der Waals surface area contributed by atoms with Gasteiger partial charge in [-0.05, 0) is 37.3 Å². The van der Waals surface area contributed by atoms with Gasteiger partial charge >= 0.3 is 0 Å². The molecule has 1 aromatic carbocycles. The van der Waals surface area contributed by atoms with Crippen LogP contribution in [0.25, 0.3) is 0 Å². The number of carbonyl (C=O) groups is 2. The lowest BCUT2D eigenvalue weighted by molar-refractivity contribution is -0.120. The van der Waals surface area contributed by atoms with Crippen molar-refractivity contribution in [1.29, 1.82) is 0 Å². The van der Waals surface area contributed by atoms with Crippen LogP contribution in [0.5, 0.6) is 0 Å². The fourth-order valence-electron chi connectivity index (χ4n) is 2.32. The molecule has 2 rings (SSSR count). The second kappa shape index (κ2) is 4.60. The zero-order chi connectivity index (χ0) is 11.5. The summed E-state index contributed by atoms with van der Waals surface area (Å²) in [7, 11) is 0. The summed E-state index contributed by atoms with van der Waals surface area (Å²) in [5, 5.41) is 0. The number of Topliss-reactive ketones (excluding diaryl/α,β-unsaturated/α-hetero) is 2. The van der Waals surface area contributed by atoms with E-state index in [2.05, 4.69) is 0 Å². The Balaban J connectivity index is 2.22. The van der Waals surface area contributed by atoms with Gasteiger partial charge < -0.3 is 0 Å². The van der Waals surface area contributed by atoms with Crippen LogP contribution in [0.1, 0.15) is 54.4 Å². The van der Waals surface area contributed by atoms with Gasteiger partial charge in [0, 0.05) is 18.4 Å². The molecule has 1 fully saturated rings. The molecular weight excluding hydrogens is 200 g/mol. The van der Waals surface area contributed by atoms with Crippen LogP contribution < -0.4 is 0 Å². The molecule has 0 radical (unpaired) electrons. The Morgan fingerprint density at radius 1 is 1.38 bits per heavy atom. The Bertz CT molecular complexity index is 420. The lowest BCUT2D eigenvalue weighted by Crippen LogP contribution is -2.13. The third kappa shape index (κ3) is 2.38. The third-order valence-corrected chi connectivity index (χ3v) is 3.25. The summed E-state index contributed by atoms with van der Waals surface area (Å²) in [4.78, 5) is 22.7. The Morgan fingerprint density at radius 3 is 2.88 bits per heavy atom. The summed E-state index contributed by atoms with van der Waals surface area (Å²) in [6.45, 7) is 1.57. The maximum Gasteiger partial charge on any atom is 0.159 e. The highest BCUT2D eigenvalue weighted by Gasteiger charge is 2.21. The molecule has 1 aliphatic carbocycles. The van der Waals surface area contributed by atoms with Crippen molar-refractivity contribution in [3.63, 3.8) is 0 Å². The molecule has 0 aliphatic heterocycles. The average Bonchev–Trinajstić information content (AvgIpc) is 2.29. The minimum Gasteiger partial charge on any atom is -0.300 e. The Labute approximate surface area is 95.7 Å². The second-order valence-electron chi connectivity index (χ2n) is 4.51.